The van der Waals surface area contributed by atoms with E-state index < -0.39 is 4.92 Å². The third kappa shape index (κ3) is 3.66. The van der Waals surface area contributed by atoms with Gasteiger partial charge in [-0.2, -0.15) is 0 Å². The summed E-state index contributed by atoms with van der Waals surface area (Å²) >= 11 is 5.69. The van der Waals surface area contributed by atoms with Crippen molar-refractivity contribution >= 4 is 23.1 Å². The molecule has 5 nitrogen and oxygen atoms in total. The van der Waals surface area contributed by atoms with E-state index in [-0.39, 0.29) is 16.7 Å². The number of aromatic nitrogens is 1. The molecule has 0 saturated heterocycles. The van der Waals surface area contributed by atoms with Crippen LogP contribution in [-0.4, -0.2) is 16.5 Å². The fourth-order valence-electron chi connectivity index (χ4n) is 1.29. The lowest BCUT2D eigenvalue weighted by atomic mass is 10.2. The van der Waals surface area contributed by atoms with Crippen molar-refractivity contribution in [3.63, 3.8) is 0 Å². The molecule has 1 rings (SSSR count). The second-order valence-corrected chi connectivity index (χ2v) is 3.78. The van der Waals surface area contributed by atoms with Gasteiger partial charge in [0.15, 0.2) is 0 Å². The van der Waals surface area contributed by atoms with Crippen molar-refractivity contribution in [3.05, 3.63) is 27.4 Å². The Morgan fingerprint density at radius 3 is 2.88 bits per heavy atom. The highest BCUT2D eigenvalue weighted by molar-refractivity contribution is 6.29. The van der Waals surface area contributed by atoms with E-state index in [2.05, 4.69) is 17.2 Å². The lowest BCUT2D eigenvalue weighted by Crippen LogP contribution is -2.06. The van der Waals surface area contributed by atoms with E-state index in [1.54, 1.807) is 0 Å². The minimum atomic E-state index is -0.467. The van der Waals surface area contributed by atoms with Crippen molar-refractivity contribution in [2.45, 2.75) is 26.2 Å². The standard InChI is InChI=1S/C10H14ClN3O2/c1-2-3-4-7-12-10-8(14(15)16)5-6-9(11)13-10/h5-6H,2-4,7H2,1H3,(H,12,13). The molecule has 88 valence electrons. The van der Waals surface area contributed by atoms with Gasteiger partial charge in [-0.1, -0.05) is 31.4 Å². The minimum Gasteiger partial charge on any atom is -0.364 e. The van der Waals surface area contributed by atoms with Crippen molar-refractivity contribution in [1.29, 1.82) is 0 Å². The molecular weight excluding hydrogens is 230 g/mol. The lowest BCUT2D eigenvalue weighted by Gasteiger charge is -2.05. The topological polar surface area (TPSA) is 68.1 Å². The summed E-state index contributed by atoms with van der Waals surface area (Å²) in [6, 6.07) is 2.77. The molecule has 1 N–H and O–H groups in total. The average molecular weight is 244 g/mol. The number of nitro groups is 1. The van der Waals surface area contributed by atoms with Crippen LogP contribution in [-0.2, 0) is 0 Å². The molecule has 0 bridgehead atoms. The van der Waals surface area contributed by atoms with Crippen LogP contribution in [0.25, 0.3) is 0 Å². The van der Waals surface area contributed by atoms with Crippen LogP contribution in [0.15, 0.2) is 12.1 Å². The zero-order chi connectivity index (χ0) is 12.0. The molecule has 1 aromatic heterocycles. The van der Waals surface area contributed by atoms with E-state index in [1.165, 1.54) is 12.1 Å². The molecule has 0 spiro atoms. The van der Waals surface area contributed by atoms with E-state index in [9.17, 15) is 10.1 Å². The van der Waals surface area contributed by atoms with Gasteiger partial charge in [-0.25, -0.2) is 4.98 Å². The number of pyridine rings is 1. The quantitative estimate of drug-likeness (QED) is 0.360. The Morgan fingerprint density at radius 1 is 1.50 bits per heavy atom. The van der Waals surface area contributed by atoms with Gasteiger partial charge in [-0.05, 0) is 12.5 Å². The number of rotatable bonds is 6. The maximum Gasteiger partial charge on any atom is 0.311 e. The van der Waals surface area contributed by atoms with Crippen molar-refractivity contribution in [1.82, 2.24) is 4.98 Å². The van der Waals surface area contributed by atoms with Gasteiger partial charge in [0.1, 0.15) is 5.15 Å². The molecule has 0 aliphatic rings. The molecule has 0 aromatic carbocycles. The first-order chi connectivity index (χ1) is 7.65. The lowest BCUT2D eigenvalue weighted by molar-refractivity contribution is -0.384. The second-order valence-electron chi connectivity index (χ2n) is 3.39. The molecular formula is C10H14ClN3O2. The molecule has 6 heteroatoms. The Hall–Kier alpha value is -1.36. The molecule has 0 aliphatic carbocycles. The highest BCUT2D eigenvalue weighted by Crippen LogP contribution is 2.23. The van der Waals surface area contributed by atoms with E-state index in [4.69, 9.17) is 11.6 Å². The van der Waals surface area contributed by atoms with Crippen LogP contribution in [0, 0.1) is 10.1 Å². The Labute approximate surface area is 99.0 Å². The van der Waals surface area contributed by atoms with Gasteiger partial charge in [0.25, 0.3) is 0 Å². The van der Waals surface area contributed by atoms with E-state index in [0.717, 1.165) is 19.3 Å². The molecule has 0 aliphatic heterocycles. The maximum absolute atomic E-state index is 10.7. The molecule has 16 heavy (non-hydrogen) atoms. The Balaban J connectivity index is 2.68. The van der Waals surface area contributed by atoms with Crippen LogP contribution in [0.1, 0.15) is 26.2 Å². The molecule has 0 radical (unpaired) electrons. The molecule has 0 saturated carbocycles. The van der Waals surface area contributed by atoms with Gasteiger partial charge < -0.3 is 5.32 Å². The minimum absolute atomic E-state index is 0.0408. The third-order valence-electron chi connectivity index (χ3n) is 2.11. The third-order valence-corrected chi connectivity index (χ3v) is 2.32. The van der Waals surface area contributed by atoms with Crippen LogP contribution in [0.5, 0.6) is 0 Å². The maximum atomic E-state index is 10.7. The molecule has 0 amide bonds. The predicted octanol–water partition coefficient (Wildman–Crippen LogP) is 3.25. The molecule has 0 fully saturated rings. The summed E-state index contributed by atoms with van der Waals surface area (Å²) < 4.78 is 0. The van der Waals surface area contributed by atoms with Gasteiger partial charge in [0, 0.05) is 12.6 Å². The van der Waals surface area contributed by atoms with Crippen molar-refractivity contribution < 1.29 is 4.92 Å². The summed E-state index contributed by atoms with van der Waals surface area (Å²) in [5.74, 6) is 0.244. The number of hydrogen-bond acceptors (Lipinski definition) is 4. The van der Waals surface area contributed by atoms with Crippen LogP contribution < -0.4 is 5.32 Å². The normalized spacial score (nSPS) is 10.1. The van der Waals surface area contributed by atoms with Gasteiger partial charge >= 0.3 is 5.69 Å². The number of halogens is 1. The highest BCUT2D eigenvalue weighted by atomic mass is 35.5. The van der Waals surface area contributed by atoms with Crippen molar-refractivity contribution in [3.8, 4) is 0 Å². The first-order valence-corrected chi connectivity index (χ1v) is 5.57. The average Bonchev–Trinajstić information content (AvgIpc) is 2.24. The van der Waals surface area contributed by atoms with Gasteiger partial charge in [-0.15, -0.1) is 0 Å². The number of hydrogen-bond donors (Lipinski definition) is 1. The monoisotopic (exact) mass is 243 g/mol. The van der Waals surface area contributed by atoms with Crippen molar-refractivity contribution in [2.24, 2.45) is 0 Å². The molecule has 1 aromatic rings. The van der Waals surface area contributed by atoms with Gasteiger partial charge in [-0.3, -0.25) is 10.1 Å². The number of nitrogens with zero attached hydrogens (tertiary/aromatic N) is 2. The summed E-state index contributed by atoms with van der Waals surface area (Å²) in [6.45, 7) is 2.77. The predicted molar refractivity (Wildman–Crippen MR) is 63.9 cm³/mol. The zero-order valence-corrected chi connectivity index (χ0v) is 9.83. The molecule has 1 heterocycles. The number of unbranched alkanes of at least 4 members (excludes halogenated alkanes) is 2. The largest absolute Gasteiger partial charge is 0.364 e. The Bertz CT molecular complexity index is 371. The molecule has 0 atom stereocenters. The Kier molecular flexibility index (Phi) is 4.98. The van der Waals surface area contributed by atoms with Crippen LogP contribution in [0.2, 0.25) is 5.15 Å². The van der Waals surface area contributed by atoms with Gasteiger partial charge in [0.2, 0.25) is 5.82 Å². The van der Waals surface area contributed by atoms with Crippen LogP contribution >= 0.6 is 11.6 Å². The zero-order valence-electron chi connectivity index (χ0n) is 9.07. The fraction of sp³-hybridized carbons (Fsp3) is 0.500. The fourth-order valence-corrected chi connectivity index (χ4v) is 1.43. The summed E-state index contributed by atoms with van der Waals surface area (Å²) in [6.07, 6.45) is 3.15. The van der Waals surface area contributed by atoms with E-state index >= 15 is 0 Å². The van der Waals surface area contributed by atoms with Crippen molar-refractivity contribution in [2.75, 3.05) is 11.9 Å². The summed E-state index contributed by atoms with van der Waals surface area (Å²) in [5.41, 5.74) is -0.0408. The highest BCUT2D eigenvalue weighted by Gasteiger charge is 2.14. The Morgan fingerprint density at radius 2 is 2.25 bits per heavy atom. The first kappa shape index (κ1) is 12.7. The van der Waals surface area contributed by atoms with Crippen LogP contribution in [0.4, 0.5) is 11.5 Å². The second kappa shape index (κ2) is 6.27. The summed E-state index contributed by atoms with van der Waals surface area (Å²) in [5, 5.41) is 13.9. The van der Waals surface area contributed by atoms with Gasteiger partial charge in [0.05, 0.1) is 4.92 Å². The molecule has 0 unspecified atom stereocenters. The van der Waals surface area contributed by atoms with E-state index in [1.807, 2.05) is 0 Å². The summed E-state index contributed by atoms with van der Waals surface area (Å²) in [7, 11) is 0. The SMILES string of the molecule is CCCCCNc1nc(Cl)ccc1[N+](=O)[O-]. The number of nitrogens with one attached hydrogen (secondary N) is 1. The number of anilines is 1. The van der Waals surface area contributed by atoms with E-state index in [0.29, 0.717) is 6.54 Å². The van der Waals surface area contributed by atoms with Crippen LogP contribution in [0.3, 0.4) is 0 Å². The smallest absolute Gasteiger partial charge is 0.311 e. The first-order valence-electron chi connectivity index (χ1n) is 5.20. The summed E-state index contributed by atoms with van der Waals surface area (Å²) in [4.78, 5) is 14.1.